The van der Waals surface area contributed by atoms with E-state index in [1.54, 1.807) is 30.3 Å². The number of carbonyl (C=O) groups is 1. The van der Waals surface area contributed by atoms with Crippen LogP contribution >= 0.6 is 11.6 Å². The van der Waals surface area contributed by atoms with E-state index in [0.29, 0.717) is 5.75 Å². The highest BCUT2D eigenvalue weighted by Crippen LogP contribution is 2.33. The monoisotopic (exact) mass is 430 g/mol. The number of para-hydroxylation sites is 1. The van der Waals surface area contributed by atoms with Crippen LogP contribution in [0.4, 0.5) is 17.2 Å². The van der Waals surface area contributed by atoms with E-state index in [2.05, 4.69) is 20.8 Å². The van der Waals surface area contributed by atoms with Crippen molar-refractivity contribution in [3.63, 3.8) is 0 Å². The summed E-state index contributed by atoms with van der Waals surface area (Å²) in [6, 6.07) is 11.7. The van der Waals surface area contributed by atoms with Crippen LogP contribution in [0.5, 0.6) is 11.6 Å². The molecule has 0 saturated carbocycles. The van der Waals surface area contributed by atoms with Crippen LogP contribution in [0.3, 0.4) is 0 Å². The van der Waals surface area contributed by atoms with Gasteiger partial charge in [0.25, 0.3) is 11.6 Å². The second kappa shape index (κ2) is 8.79. The number of anilines is 1. The fourth-order valence-electron chi connectivity index (χ4n) is 2.28. The lowest BCUT2D eigenvalue weighted by molar-refractivity contribution is -0.385. The molecule has 152 valence electrons. The zero-order valence-electron chi connectivity index (χ0n) is 14.8. The zero-order chi connectivity index (χ0) is 21.7. The van der Waals surface area contributed by atoms with E-state index in [0.717, 1.165) is 12.4 Å². The van der Waals surface area contributed by atoms with E-state index in [1.165, 1.54) is 12.1 Å². The summed E-state index contributed by atoms with van der Waals surface area (Å²) in [5.74, 6) is -1.20. The number of hydrogen-bond acceptors (Lipinski definition) is 9. The number of hydrazine groups is 1. The highest BCUT2D eigenvalue weighted by Gasteiger charge is 2.26. The quantitative estimate of drug-likeness (QED) is 0.421. The third-order valence-corrected chi connectivity index (χ3v) is 3.95. The molecule has 0 aliphatic heterocycles. The molecule has 0 spiro atoms. The van der Waals surface area contributed by atoms with Crippen LogP contribution in [0.2, 0.25) is 5.02 Å². The fourth-order valence-corrected chi connectivity index (χ4v) is 2.46. The van der Waals surface area contributed by atoms with Gasteiger partial charge in [-0.1, -0.05) is 29.8 Å². The van der Waals surface area contributed by atoms with Gasteiger partial charge in [-0.15, -0.1) is 0 Å². The lowest BCUT2D eigenvalue weighted by Crippen LogP contribution is -2.30. The van der Waals surface area contributed by atoms with Crippen LogP contribution < -0.4 is 15.6 Å². The maximum atomic E-state index is 12.3. The number of nitrogens with zero attached hydrogens (tertiary/aromatic N) is 4. The number of rotatable bonds is 7. The van der Waals surface area contributed by atoms with Crippen molar-refractivity contribution in [3.8, 4) is 11.6 Å². The Kier molecular flexibility index (Phi) is 5.98. The van der Waals surface area contributed by atoms with E-state index in [1.807, 2.05) is 0 Å². The van der Waals surface area contributed by atoms with Gasteiger partial charge in [0.1, 0.15) is 17.1 Å². The van der Waals surface area contributed by atoms with E-state index in [9.17, 15) is 25.0 Å². The van der Waals surface area contributed by atoms with Crippen molar-refractivity contribution in [1.29, 1.82) is 0 Å². The number of halogens is 1. The molecule has 0 radical (unpaired) electrons. The largest absolute Gasteiger partial charge is 0.434 e. The number of ether oxygens (including phenoxy) is 1. The molecule has 30 heavy (non-hydrogen) atoms. The van der Waals surface area contributed by atoms with Crippen LogP contribution in [-0.4, -0.2) is 25.7 Å². The summed E-state index contributed by atoms with van der Waals surface area (Å²) < 4.78 is 5.42. The first-order valence-corrected chi connectivity index (χ1v) is 8.47. The SMILES string of the molecule is O=C(NNc1ncnc(Oc2ccccc2)c1[N+](=O)[O-])c1ccc(Cl)c([N+](=O)[O-])c1. The van der Waals surface area contributed by atoms with Gasteiger partial charge in [0.05, 0.1) is 9.85 Å². The second-order valence-electron chi connectivity index (χ2n) is 5.55. The standard InChI is InChI=1S/C17H11ClN6O6/c18-12-7-6-10(8-13(12)23(26)27)16(25)22-21-15-14(24(28)29)17(20-9-19-15)30-11-4-2-1-3-5-11/h1-9H,(H,22,25)(H,19,20,21). The smallest absolute Gasteiger partial charge is 0.374 e. The van der Waals surface area contributed by atoms with Gasteiger partial charge in [-0.25, -0.2) is 4.98 Å². The fraction of sp³-hybridized carbons (Fsp3) is 0. The molecule has 0 unspecified atom stereocenters. The average molecular weight is 431 g/mol. The molecule has 0 bridgehead atoms. The molecule has 0 atom stereocenters. The van der Waals surface area contributed by atoms with Crippen LogP contribution in [-0.2, 0) is 0 Å². The maximum Gasteiger partial charge on any atom is 0.374 e. The van der Waals surface area contributed by atoms with Crippen LogP contribution in [0.25, 0.3) is 0 Å². The maximum absolute atomic E-state index is 12.3. The molecule has 1 aromatic heterocycles. The van der Waals surface area contributed by atoms with Crippen LogP contribution in [0.15, 0.2) is 54.9 Å². The minimum atomic E-state index is -0.812. The predicted molar refractivity (Wildman–Crippen MR) is 104 cm³/mol. The van der Waals surface area contributed by atoms with Gasteiger partial charge in [0, 0.05) is 11.6 Å². The number of amides is 1. The minimum Gasteiger partial charge on any atom is -0.434 e. The molecule has 1 heterocycles. The number of nitro groups is 2. The van der Waals surface area contributed by atoms with Gasteiger partial charge < -0.3 is 4.74 Å². The summed E-state index contributed by atoms with van der Waals surface area (Å²) >= 11 is 5.71. The Hall–Kier alpha value is -4.32. The minimum absolute atomic E-state index is 0.101. The Morgan fingerprint density at radius 3 is 2.43 bits per heavy atom. The lowest BCUT2D eigenvalue weighted by Gasteiger charge is -2.10. The molecule has 0 fully saturated rings. The topological polar surface area (TPSA) is 162 Å². The van der Waals surface area contributed by atoms with Crippen molar-refractivity contribution in [2.24, 2.45) is 0 Å². The molecule has 0 aliphatic carbocycles. The molecule has 0 saturated heterocycles. The van der Waals surface area contributed by atoms with Crippen LogP contribution in [0.1, 0.15) is 10.4 Å². The Morgan fingerprint density at radius 2 is 1.77 bits per heavy atom. The van der Waals surface area contributed by atoms with Gasteiger partial charge in [-0.05, 0) is 24.3 Å². The average Bonchev–Trinajstić information content (AvgIpc) is 2.72. The number of nitro benzene ring substituents is 1. The summed E-state index contributed by atoms with van der Waals surface area (Å²) in [5, 5.41) is 22.3. The highest BCUT2D eigenvalue weighted by atomic mass is 35.5. The third kappa shape index (κ3) is 4.56. The van der Waals surface area contributed by atoms with E-state index in [4.69, 9.17) is 16.3 Å². The van der Waals surface area contributed by atoms with Crippen molar-refractivity contribution < 1.29 is 19.4 Å². The van der Waals surface area contributed by atoms with Crippen molar-refractivity contribution in [1.82, 2.24) is 15.4 Å². The number of hydrogen-bond donors (Lipinski definition) is 2. The van der Waals surface area contributed by atoms with Gasteiger partial charge in [0.15, 0.2) is 0 Å². The molecule has 13 heteroatoms. The molecule has 2 aromatic carbocycles. The van der Waals surface area contributed by atoms with Gasteiger partial charge in [-0.3, -0.25) is 35.9 Å². The first kappa shape index (κ1) is 20.4. The Bertz CT molecular complexity index is 1130. The first-order valence-electron chi connectivity index (χ1n) is 8.09. The van der Waals surface area contributed by atoms with Gasteiger partial charge in [-0.2, -0.15) is 4.98 Å². The van der Waals surface area contributed by atoms with Crippen molar-refractivity contribution in [3.05, 3.63) is 85.7 Å². The number of aromatic nitrogens is 2. The highest BCUT2D eigenvalue weighted by molar-refractivity contribution is 6.32. The third-order valence-electron chi connectivity index (χ3n) is 3.63. The normalized spacial score (nSPS) is 10.2. The summed E-state index contributed by atoms with van der Waals surface area (Å²) in [7, 11) is 0. The Balaban J connectivity index is 1.82. The molecule has 1 amide bonds. The Morgan fingerprint density at radius 1 is 1.03 bits per heavy atom. The van der Waals surface area contributed by atoms with Crippen molar-refractivity contribution in [2.45, 2.75) is 0 Å². The second-order valence-corrected chi connectivity index (χ2v) is 5.96. The molecule has 12 nitrogen and oxygen atoms in total. The van der Waals surface area contributed by atoms with Gasteiger partial charge in [0.2, 0.25) is 5.82 Å². The van der Waals surface area contributed by atoms with Crippen molar-refractivity contribution >= 4 is 34.7 Å². The predicted octanol–water partition coefficient (Wildman–Crippen LogP) is 3.50. The number of carbonyl (C=O) groups excluding carboxylic acids is 1. The molecular formula is C17H11ClN6O6. The van der Waals surface area contributed by atoms with E-state index in [-0.39, 0.29) is 22.3 Å². The summed E-state index contributed by atoms with van der Waals surface area (Å²) in [4.78, 5) is 40.7. The van der Waals surface area contributed by atoms with E-state index >= 15 is 0 Å². The summed E-state index contributed by atoms with van der Waals surface area (Å²) in [6.45, 7) is 0. The molecule has 0 aliphatic rings. The van der Waals surface area contributed by atoms with Crippen molar-refractivity contribution in [2.75, 3.05) is 5.43 Å². The van der Waals surface area contributed by atoms with Crippen LogP contribution in [0, 0.1) is 20.2 Å². The molecule has 3 aromatic rings. The Labute approximate surface area is 172 Å². The molecule has 2 N–H and O–H groups in total. The first-order chi connectivity index (χ1) is 14.4. The van der Waals surface area contributed by atoms with E-state index < -0.39 is 27.1 Å². The lowest BCUT2D eigenvalue weighted by atomic mass is 10.2. The summed E-state index contributed by atoms with van der Waals surface area (Å²) in [5.41, 5.74) is 3.30. The zero-order valence-corrected chi connectivity index (χ0v) is 15.6. The molecular weight excluding hydrogens is 420 g/mol. The summed E-state index contributed by atoms with van der Waals surface area (Å²) in [6.07, 6.45) is 1.01. The number of benzene rings is 2. The molecule has 3 rings (SSSR count). The number of nitrogens with one attached hydrogen (secondary N) is 2. The van der Waals surface area contributed by atoms with Gasteiger partial charge >= 0.3 is 11.6 Å².